The second kappa shape index (κ2) is 9.34. The van der Waals surface area contributed by atoms with Crippen LogP contribution in [0.25, 0.3) is 6.08 Å². The number of carbonyl (C=O) groups excluding carboxylic acids is 2. The number of thiophene rings is 1. The van der Waals surface area contributed by atoms with Crippen LogP contribution in [-0.2, 0) is 19.1 Å². The minimum Gasteiger partial charge on any atom is -0.449 e. The summed E-state index contributed by atoms with van der Waals surface area (Å²) in [5, 5.41) is 4.69. The molecule has 6 nitrogen and oxygen atoms in total. The quantitative estimate of drug-likeness (QED) is 0.610. The van der Waals surface area contributed by atoms with E-state index < -0.39 is 12.1 Å². The highest BCUT2D eigenvalue weighted by Gasteiger charge is 2.17. The Kier molecular flexibility index (Phi) is 6.62. The number of benzene rings is 1. The molecule has 0 radical (unpaired) electrons. The number of morpholine rings is 1. The Morgan fingerprint density at radius 2 is 1.96 bits per heavy atom. The van der Waals surface area contributed by atoms with Crippen molar-refractivity contribution in [3.8, 4) is 0 Å². The third kappa shape index (κ3) is 5.67. The van der Waals surface area contributed by atoms with Crippen LogP contribution in [0.3, 0.4) is 0 Å². The van der Waals surface area contributed by atoms with Crippen LogP contribution < -0.4 is 10.2 Å². The highest BCUT2D eigenvalue weighted by atomic mass is 32.1. The van der Waals surface area contributed by atoms with Gasteiger partial charge in [0.1, 0.15) is 0 Å². The van der Waals surface area contributed by atoms with E-state index in [-0.39, 0.29) is 5.91 Å². The maximum Gasteiger partial charge on any atom is 0.331 e. The largest absolute Gasteiger partial charge is 0.449 e. The summed E-state index contributed by atoms with van der Waals surface area (Å²) in [5.41, 5.74) is 1.75. The summed E-state index contributed by atoms with van der Waals surface area (Å²) in [7, 11) is 0. The number of esters is 1. The van der Waals surface area contributed by atoms with E-state index in [1.54, 1.807) is 13.0 Å². The van der Waals surface area contributed by atoms with Crippen molar-refractivity contribution in [3.05, 3.63) is 52.7 Å². The van der Waals surface area contributed by atoms with Gasteiger partial charge in [-0.15, -0.1) is 11.3 Å². The van der Waals surface area contributed by atoms with Crippen molar-refractivity contribution in [2.75, 3.05) is 36.5 Å². The second-order valence-electron chi connectivity index (χ2n) is 6.06. The number of hydrogen-bond donors (Lipinski definition) is 1. The molecule has 2 aromatic rings. The molecule has 3 rings (SSSR count). The maximum absolute atomic E-state index is 12.2. The molecule has 1 aliphatic heterocycles. The summed E-state index contributed by atoms with van der Waals surface area (Å²) in [6.07, 6.45) is 2.11. The summed E-state index contributed by atoms with van der Waals surface area (Å²) in [6.45, 7) is 4.72. The van der Waals surface area contributed by atoms with E-state index in [9.17, 15) is 9.59 Å². The maximum atomic E-state index is 12.2. The van der Waals surface area contributed by atoms with Gasteiger partial charge >= 0.3 is 5.97 Å². The van der Waals surface area contributed by atoms with Gasteiger partial charge in [0.2, 0.25) is 0 Å². The molecule has 2 heterocycles. The van der Waals surface area contributed by atoms with Crippen molar-refractivity contribution in [2.24, 2.45) is 0 Å². The van der Waals surface area contributed by atoms with Crippen molar-refractivity contribution in [3.63, 3.8) is 0 Å². The summed E-state index contributed by atoms with van der Waals surface area (Å²) in [5.74, 6) is -0.916. The van der Waals surface area contributed by atoms with Gasteiger partial charge in [0, 0.05) is 35.4 Å². The fourth-order valence-electron chi connectivity index (χ4n) is 2.62. The molecule has 0 unspecified atom stereocenters. The van der Waals surface area contributed by atoms with Gasteiger partial charge in [-0.1, -0.05) is 6.07 Å². The molecular formula is C20H22N2O4S. The molecule has 1 aromatic heterocycles. The summed E-state index contributed by atoms with van der Waals surface area (Å²) in [4.78, 5) is 27.2. The predicted molar refractivity (Wildman–Crippen MR) is 107 cm³/mol. The smallest absolute Gasteiger partial charge is 0.331 e. The van der Waals surface area contributed by atoms with Gasteiger partial charge in [-0.25, -0.2) is 4.79 Å². The molecule has 0 saturated carbocycles. The summed E-state index contributed by atoms with van der Waals surface area (Å²) < 4.78 is 10.5. The topological polar surface area (TPSA) is 67.9 Å². The first-order valence-electron chi connectivity index (χ1n) is 8.77. The standard InChI is InChI=1S/C20H22N2O4S/c1-15(26-19(23)9-8-18-3-2-14-27-18)20(24)21-16-4-6-17(7-5-16)22-10-12-25-13-11-22/h2-9,14-15H,10-13H2,1H3,(H,21,24)/b9-8+/t15-/m0/s1. The van der Waals surface area contributed by atoms with E-state index in [1.165, 1.54) is 17.4 Å². The van der Waals surface area contributed by atoms with Crippen LogP contribution in [0.15, 0.2) is 47.9 Å². The number of ether oxygens (including phenoxy) is 2. The lowest BCUT2D eigenvalue weighted by atomic mass is 10.2. The first-order chi connectivity index (χ1) is 13.1. The minimum absolute atomic E-state index is 0.369. The number of carbonyl (C=O) groups is 2. The molecule has 1 aliphatic rings. The molecule has 7 heteroatoms. The number of amides is 1. The molecule has 1 saturated heterocycles. The van der Waals surface area contributed by atoms with E-state index in [0.29, 0.717) is 5.69 Å². The Hall–Kier alpha value is -2.64. The van der Waals surface area contributed by atoms with Gasteiger partial charge in [-0.2, -0.15) is 0 Å². The lowest BCUT2D eigenvalue weighted by Crippen LogP contribution is -2.36. The molecule has 1 atom stereocenters. The molecule has 0 aliphatic carbocycles. The lowest BCUT2D eigenvalue weighted by molar-refractivity contribution is -0.148. The summed E-state index contributed by atoms with van der Waals surface area (Å²) in [6, 6.07) is 11.4. The Balaban J connectivity index is 1.49. The van der Waals surface area contributed by atoms with Crippen molar-refractivity contribution in [2.45, 2.75) is 13.0 Å². The fourth-order valence-corrected chi connectivity index (χ4v) is 3.24. The van der Waals surface area contributed by atoms with E-state index in [1.807, 2.05) is 41.8 Å². The van der Waals surface area contributed by atoms with Gasteiger partial charge < -0.3 is 19.7 Å². The first kappa shape index (κ1) is 19.1. The normalized spacial score (nSPS) is 15.5. The molecule has 0 spiro atoms. The molecule has 1 aromatic carbocycles. The molecule has 0 bridgehead atoms. The highest BCUT2D eigenvalue weighted by molar-refractivity contribution is 7.10. The first-order valence-corrected chi connectivity index (χ1v) is 9.65. The zero-order valence-electron chi connectivity index (χ0n) is 15.1. The van der Waals surface area contributed by atoms with Crippen LogP contribution in [0.4, 0.5) is 11.4 Å². The Bertz CT molecular complexity index is 781. The van der Waals surface area contributed by atoms with Crippen LogP contribution in [0.2, 0.25) is 0 Å². The SMILES string of the molecule is C[C@H](OC(=O)/C=C/c1cccs1)C(=O)Nc1ccc(N2CCOCC2)cc1. The number of nitrogens with zero attached hydrogens (tertiary/aromatic N) is 1. The zero-order chi connectivity index (χ0) is 19.1. The van der Waals surface area contributed by atoms with Crippen molar-refractivity contribution >= 4 is 40.7 Å². The number of nitrogens with one attached hydrogen (secondary N) is 1. The third-order valence-corrected chi connectivity index (χ3v) is 4.94. The summed E-state index contributed by atoms with van der Waals surface area (Å²) >= 11 is 1.52. The van der Waals surface area contributed by atoms with Gasteiger partial charge in [0.25, 0.3) is 5.91 Å². The van der Waals surface area contributed by atoms with Gasteiger partial charge in [0.15, 0.2) is 6.10 Å². The molecule has 1 N–H and O–H groups in total. The zero-order valence-corrected chi connectivity index (χ0v) is 15.9. The van der Waals surface area contributed by atoms with Gasteiger partial charge in [-0.3, -0.25) is 4.79 Å². The Morgan fingerprint density at radius 1 is 1.22 bits per heavy atom. The van der Waals surface area contributed by atoms with Crippen LogP contribution in [0.5, 0.6) is 0 Å². The number of rotatable bonds is 6. The van der Waals surface area contributed by atoms with E-state index in [2.05, 4.69) is 10.2 Å². The fraction of sp³-hybridized carbons (Fsp3) is 0.300. The van der Waals surface area contributed by atoms with Crippen molar-refractivity contribution < 1.29 is 19.1 Å². The average molecular weight is 386 g/mol. The van der Waals surface area contributed by atoms with Crippen molar-refractivity contribution in [1.82, 2.24) is 0 Å². The van der Waals surface area contributed by atoms with E-state index in [4.69, 9.17) is 9.47 Å². The van der Waals surface area contributed by atoms with Gasteiger partial charge in [-0.05, 0) is 48.7 Å². The van der Waals surface area contributed by atoms with Crippen LogP contribution >= 0.6 is 11.3 Å². The monoisotopic (exact) mass is 386 g/mol. The average Bonchev–Trinajstić information content (AvgIpc) is 3.21. The van der Waals surface area contributed by atoms with Crippen LogP contribution in [0, 0.1) is 0 Å². The van der Waals surface area contributed by atoms with E-state index >= 15 is 0 Å². The highest BCUT2D eigenvalue weighted by Crippen LogP contribution is 2.19. The lowest BCUT2D eigenvalue weighted by Gasteiger charge is -2.28. The molecule has 1 amide bonds. The van der Waals surface area contributed by atoms with Crippen LogP contribution in [0.1, 0.15) is 11.8 Å². The van der Waals surface area contributed by atoms with Crippen LogP contribution in [-0.4, -0.2) is 44.3 Å². The minimum atomic E-state index is -0.885. The number of hydrogen-bond acceptors (Lipinski definition) is 6. The van der Waals surface area contributed by atoms with E-state index in [0.717, 1.165) is 36.9 Å². The Morgan fingerprint density at radius 3 is 2.63 bits per heavy atom. The van der Waals surface area contributed by atoms with Crippen molar-refractivity contribution in [1.29, 1.82) is 0 Å². The van der Waals surface area contributed by atoms with Gasteiger partial charge in [0.05, 0.1) is 13.2 Å². The molecule has 1 fully saturated rings. The Labute approximate surface area is 162 Å². The predicted octanol–water partition coefficient (Wildman–Crippen LogP) is 3.17. The molecule has 27 heavy (non-hydrogen) atoms. The second-order valence-corrected chi connectivity index (χ2v) is 7.04. The number of anilines is 2. The molecular weight excluding hydrogens is 364 g/mol. The molecule has 142 valence electrons. The third-order valence-electron chi connectivity index (χ3n) is 4.10.